The lowest BCUT2D eigenvalue weighted by molar-refractivity contribution is -0.138. The van der Waals surface area contributed by atoms with Crippen LogP contribution >= 0.6 is 0 Å². The Bertz CT molecular complexity index is 513. The van der Waals surface area contributed by atoms with E-state index < -0.39 is 25.0 Å². The monoisotopic (exact) mass is 301 g/mol. The molecule has 2 rings (SSSR count). The fourth-order valence-electron chi connectivity index (χ4n) is 2.63. The second kappa shape index (κ2) is 6.64. The van der Waals surface area contributed by atoms with Crippen molar-refractivity contribution in [2.45, 2.75) is 44.7 Å². The highest BCUT2D eigenvalue weighted by molar-refractivity contribution is 5.95. The molecule has 0 atom stereocenters. The van der Waals surface area contributed by atoms with E-state index >= 15 is 0 Å². The molecule has 0 aliphatic heterocycles. The highest BCUT2D eigenvalue weighted by atomic mass is 19.3. The van der Waals surface area contributed by atoms with Crippen molar-refractivity contribution >= 4 is 11.9 Å². The summed E-state index contributed by atoms with van der Waals surface area (Å²) in [5, 5.41) is 12.4. The number of carboxylic acid groups (broad SMARTS) is 1. The minimum atomic E-state index is -2.82. The molecule has 0 aromatic carbocycles. The van der Waals surface area contributed by atoms with Crippen LogP contribution in [0.2, 0.25) is 0 Å². The van der Waals surface area contributed by atoms with E-state index in [0.29, 0.717) is 4.68 Å². The maximum Gasteiger partial charge on any atom is 0.333 e. The number of aliphatic carboxylic acids is 1. The van der Waals surface area contributed by atoms with E-state index in [1.807, 2.05) is 0 Å². The Morgan fingerprint density at radius 3 is 2.57 bits per heavy atom. The first-order valence-corrected chi connectivity index (χ1v) is 6.84. The molecule has 1 heterocycles. The molecule has 1 aromatic rings. The lowest BCUT2D eigenvalue weighted by atomic mass is 9.94. The smallest absolute Gasteiger partial charge is 0.333 e. The van der Waals surface area contributed by atoms with Gasteiger partial charge in [0, 0.05) is 12.2 Å². The van der Waals surface area contributed by atoms with Gasteiger partial charge in [0.2, 0.25) is 0 Å². The van der Waals surface area contributed by atoms with Gasteiger partial charge in [0.1, 0.15) is 6.54 Å². The van der Waals surface area contributed by atoms with Crippen molar-refractivity contribution < 1.29 is 23.5 Å². The van der Waals surface area contributed by atoms with Crippen molar-refractivity contribution in [3.8, 4) is 0 Å². The number of aromatic nitrogens is 2. The number of rotatable bonds is 5. The number of alkyl halides is 2. The maximum atomic E-state index is 12.5. The SMILES string of the molecule is O=C(O)CN(C(=O)c1cnn(C(F)F)c1)C1CCCCC1. The third kappa shape index (κ3) is 3.77. The van der Waals surface area contributed by atoms with Crippen LogP contribution in [0.25, 0.3) is 0 Å². The molecular formula is C13H17F2N3O3. The van der Waals surface area contributed by atoms with E-state index in [4.69, 9.17) is 5.11 Å². The topological polar surface area (TPSA) is 75.4 Å². The minimum absolute atomic E-state index is 0.0119. The summed E-state index contributed by atoms with van der Waals surface area (Å²) in [6, 6.07) is -0.155. The Balaban J connectivity index is 2.17. The Kier molecular flexibility index (Phi) is 4.87. The quantitative estimate of drug-likeness (QED) is 0.904. The van der Waals surface area contributed by atoms with Gasteiger partial charge in [0.05, 0.1) is 11.8 Å². The predicted octanol–water partition coefficient (Wildman–Crippen LogP) is 2.14. The molecule has 8 heteroatoms. The van der Waals surface area contributed by atoms with Crippen LogP contribution in [-0.4, -0.2) is 44.3 Å². The second-order valence-electron chi connectivity index (χ2n) is 5.11. The van der Waals surface area contributed by atoms with Crippen molar-refractivity contribution in [3.63, 3.8) is 0 Å². The molecule has 116 valence electrons. The lowest BCUT2D eigenvalue weighted by Crippen LogP contribution is -2.44. The fourth-order valence-corrected chi connectivity index (χ4v) is 2.63. The predicted molar refractivity (Wildman–Crippen MR) is 69.0 cm³/mol. The maximum absolute atomic E-state index is 12.5. The summed E-state index contributed by atoms with van der Waals surface area (Å²) in [5.41, 5.74) is -0.0119. The fraction of sp³-hybridized carbons (Fsp3) is 0.615. The number of nitrogens with zero attached hydrogens (tertiary/aromatic N) is 3. The highest BCUT2D eigenvalue weighted by Gasteiger charge is 2.29. The number of hydrogen-bond acceptors (Lipinski definition) is 3. The summed E-state index contributed by atoms with van der Waals surface area (Å²) in [4.78, 5) is 24.6. The Labute approximate surface area is 120 Å². The summed E-state index contributed by atoms with van der Waals surface area (Å²) in [6.45, 7) is -3.25. The van der Waals surface area contributed by atoms with Crippen molar-refractivity contribution in [1.82, 2.24) is 14.7 Å². The molecule has 6 nitrogen and oxygen atoms in total. The van der Waals surface area contributed by atoms with Crippen molar-refractivity contribution in [1.29, 1.82) is 0 Å². The minimum Gasteiger partial charge on any atom is -0.480 e. The van der Waals surface area contributed by atoms with Crippen LogP contribution in [-0.2, 0) is 4.79 Å². The number of carbonyl (C=O) groups is 2. The number of halogens is 2. The third-order valence-corrected chi connectivity index (χ3v) is 3.63. The molecule has 0 spiro atoms. The molecule has 0 saturated heterocycles. The lowest BCUT2D eigenvalue weighted by Gasteiger charge is -2.33. The summed E-state index contributed by atoms with van der Waals surface area (Å²) in [7, 11) is 0. The number of carboxylic acids is 1. The molecule has 1 fully saturated rings. The van der Waals surface area contributed by atoms with E-state index in [9.17, 15) is 18.4 Å². The van der Waals surface area contributed by atoms with E-state index in [-0.39, 0.29) is 11.6 Å². The van der Waals surface area contributed by atoms with Crippen LogP contribution in [0.5, 0.6) is 0 Å². The first kappa shape index (κ1) is 15.4. The van der Waals surface area contributed by atoms with E-state index in [0.717, 1.165) is 44.5 Å². The van der Waals surface area contributed by atoms with Crippen molar-refractivity contribution in [2.75, 3.05) is 6.54 Å². The molecular weight excluding hydrogens is 284 g/mol. The number of carbonyl (C=O) groups excluding carboxylic acids is 1. The van der Waals surface area contributed by atoms with Gasteiger partial charge in [-0.05, 0) is 12.8 Å². The molecule has 21 heavy (non-hydrogen) atoms. The largest absolute Gasteiger partial charge is 0.480 e. The van der Waals surface area contributed by atoms with Gasteiger partial charge in [-0.2, -0.15) is 13.9 Å². The molecule has 1 saturated carbocycles. The van der Waals surface area contributed by atoms with Gasteiger partial charge in [0.15, 0.2) is 0 Å². The Morgan fingerprint density at radius 2 is 2.05 bits per heavy atom. The summed E-state index contributed by atoms with van der Waals surface area (Å²) in [5.74, 6) is -1.67. The molecule has 1 aromatic heterocycles. The first-order valence-electron chi connectivity index (χ1n) is 6.84. The van der Waals surface area contributed by atoms with Gasteiger partial charge in [-0.25, -0.2) is 4.68 Å². The molecule has 0 unspecified atom stereocenters. The zero-order chi connectivity index (χ0) is 15.4. The van der Waals surface area contributed by atoms with E-state index in [2.05, 4.69) is 5.10 Å². The van der Waals surface area contributed by atoms with Crippen molar-refractivity contribution in [3.05, 3.63) is 18.0 Å². The highest BCUT2D eigenvalue weighted by Crippen LogP contribution is 2.24. The number of amides is 1. The summed E-state index contributed by atoms with van der Waals surface area (Å²) >= 11 is 0. The average molecular weight is 301 g/mol. The number of hydrogen-bond donors (Lipinski definition) is 1. The average Bonchev–Trinajstić information content (AvgIpc) is 2.95. The van der Waals surface area contributed by atoms with Crippen molar-refractivity contribution in [2.24, 2.45) is 0 Å². The zero-order valence-electron chi connectivity index (χ0n) is 11.4. The Morgan fingerprint density at radius 1 is 1.38 bits per heavy atom. The van der Waals surface area contributed by atoms with E-state index in [1.165, 1.54) is 4.90 Å². The summed E-state index contributed by atoms with van der Waals surface area (Å²) in [6.07, 6.45) is 6.41. The summed E-state index contributed by atoms with van der Waals surface area (Å²) < 4.78 is 25.4. The molecule has 1 aliphatic rings. The van der Waals surface area contributed by atoms with Gasteiger partial charge in [-0.15, -0.1) is 0 Å². The van der Waals surface area contributed by atoms with Gasteiger partial charge in [0.25, 0.3) is 5.91 Å². The first-order chi connectivity index (χ1) is 9.99. The standard InChI is InChI=1S/C13H17F2N3O3/c14-13(15)18-7-9(6-16-18)12(21)17(8-11(19)20)10-4-2-1-3-5-10/h6-7,10,13H,1-5,8H2,(H,19,20). The molecule has 1 aliphatic carbocycles. The van der Waals surface area contributed by atoms with Crippen LogP contribution < -0.4 is 0 Å². The molecule has 1 amide bonds. The van der Waals surface area contributed by atoms with Crippen LogP contribution in [0.3, 0.4) is 0 Å². The van der Waals surface area contributed by atoms with Gasteiger partial charge in [-0.1, -0.05) is 19.3 Å². The van der Waals surface area contributed by atoms with Crippen LogP contribution in [0.15, 0.2) is 12.4 Å². The normalized spacial score (nSPS) is 16.1. The van der Waals surface area contributed by atoms with Crippen LogP contribution in [0.1, 0.15) is 49.0 Å². The Hall–Kier alpha value is -1.99. The van der Waals surface area contributed by atoms with E-state index in [1.54, 1.807) is 0 Å². The van der Waals surface area contributed by atoms with Gasteiger partial charge in [-0.3, -0.25) is 9.59 Å². The third-order valence-electron chi connectivity index (χ3n) is 3.63. The molecule has 0 bridgehead atoms. The van der Waals surface area contributed by atoms with Crippen LogP contribution in [0.4, 0.5) is 8.78 Å². The van der Waals surface area contributed by atoms with Crippen LogP contribution in [0, 0.1) is 0 Å². The van der Waals surface area contributed by atoms with Gasteiger partial charge < -0.3 is 10.0 Å². The van der Waals surface area contributed by atoms with Gasteiger partial charge >= 0.3 is 12.5 Å². The molecule has 1 N–H and O–H groups in total. The zero-order valence-corrected chi connectivity index (χ0v) is 11.4. The second-order valence-corrected chi connectivity index (χ2v) is 5.11. The molecule has 0 radical (unpaired) electrons.